The molecule has 0 bridgehead atoms. The van der Waals surface area contributed by atoms with Crippen molar-refractivity contribution in [2.24, 2.45) is 0 Å². The Hall–Kier alpha value is -2.53. The second-order valence-electron chi connectivity index (χ2n) is 6.97. The van der Waals surface area contributed by atoms with Crippen LogP contribution in [-0.4, -0.2) is 30.4 Å². The molecule has 136 valence electrons. The minimum absolute atomic E-state index is 0.0554. The highest BCUT2D eigenvalue weighted by Gasteiger charge is 2.27. The molecule has 3 heterocycles. The zero-order valence-electron chi connectivity index (χ0n) is 15.2. The lowest BCUT2D eigenvalue weighted by molar-refractivity contribution is 0.0907. The average Bonchev–Trinajstić information content (AvgIpc) is 3.37. The zero-order chi connectivity index (χ0) is 18.1. The smallest absolute Gasteiger partial charge is 0.287 e. The van der Waals surface area contributed by atoms with E-state index in [1.54, 1.807) is 0 Å². The van der Waals surface area contributed by atoms with Crippen LogP contribution in [0.5, 0.6) is 0 Å². The Morgan fingerprint density at radius 1 is 1.12 bits per heavy atom. The van der Waals surface area contributed by atoms with Crippen LogP contribution in [0, 0.1) is 13.8 Å². The third kappa shape index (κ3) is 3.15. The van der Waals surface area contributed by atoms with E-state index in [4.69, 9.17) is 8.83 Å². The Labute approximate surface area is 153 Å². The van der Waals surface area contributed by atoms with Gasteiger partial charge in [0.15, 0.2) is 5.76 Å². The number of amides is 1. The van der Waals surface area contributed by atoms with Crippen LogP contribution in [0.1, 0.15) is 46.5 Å². The number of para-hydroxylation sites is 1. The quantitative estimate of drug-likeness (QED) is 0.747. The predicted octanol–water partition coefficient (Wildman–Crippen LogP) is 4.21. The van der Waals surface area contributed by atoms with Crippen molar-refractivity contribution in [3.05, 3.63) is 59.2 Å². The molecule has 0 unspecified atom stereocenters. The van der Waals surface area contributed by atoms with E-state index in [1.807, 2.05) is 50.2 Å². The highest BCUT2D eigenvalue weighted by molar-refractivity contribution is 5.98. The molecule has 2 aromatic heterocycles. The van der Waals surface area contributed by atoms with Gasteiger partial charge in [0.25, 0.3) is 5.91 Å². The van der Waals surface area contributed by atoms with Crippen molar-refractivity contribution in [1.29, 1.82) is 0 Å². The number of nitrogens with zero attached hydrogens (tertiary/aromatic N) is 1. The molecule has 1 aliphatic heterocycles. The summed E-state index contributed by atoms with van der Waals surface area (Å²) in [6.45, 7) is 6.44. The summed E-state index contributed by atoms with van der Waals surface area (Å²) in [6.07, 6.45) is 2.37. The van der Waals surface area contributed by atoms with Crippen molar-refractivity contribution >= 4 is 16.9 Å². The molecule has 1 aliphatic rings. The molecule has 5 nitrogen and oxygen atoms in total. The van der Waals surface area contributed by atoms with Crippen LogP contribution < -0.4 is 5.32 Å². The number of fused-ring (bicyclic) bond motifs is 1. The monoisotopic (exact) mass is 352 g/mol. The highest BCUT2D eigenvalue weighted by atomic mass is 16.3. The zero-order valence-corrected chi connectivity index (χ0v) is 15.2. The molecule has 0 radical (unpaired) electrons. The fraction of sp³-hybridized carbons (Fsp3) is 0.381. The molecule has 26 heavy (non-hydrogen) atoms. The summed E-state index contributed by atoms with van der Waals surface area (Å²) >= 11 is 0. The second-order valence-corrected chi connectivity index (χ2v) is 6.97. The summed E-state index contributed by atoms with van der Waals surface area (Å²) in [5, 5.41) is 4.03. The summed E-state index contributed by atoms with van der Waals surface area (Å²) < 4.78 is 11.6. The molecule has 0 spiro atoms. The summed E-state index contributed by atoms with van der Waals surface area (Å²) in [5.74, 6) is 2.02. The third-order valence-corrected chi connectivity index (χ3v) is 5.18. The van der Waals surface area contributed by atoms with Gasteiger partial charge < -0.3 is 14.2 Å². The van der Waals surface area contributed by atoms with Crippen LogP contribution in [0.3, 0.4) is 0 Å². The Morgan fingerprint density at radius 2 is 1.88 bits per heavy atom. The van der Waals surface area contributed by atoms with Crippen LogP contribution >= 0.6 is 0 Å². The van der Waals surface area contributed by atoms with Crippen molar-refractivity contribution < 1.29 is 13.6 Å². The van der Waals surface area contributed by atoms with Gasteiger partial charge in [0.05, 0.1) is 6.04 Å². The van der Waals surface area contributed by atoms with Gasteiger partial charge in [0, 0.05) is 17.5 Å². The Bertz CT molecular complexity index is 918. The molecule has 5 heteroatoms. The van der Waals surface area contributed by atoms with E-state index in [2.05, 4.69) is 10.2 Å². The molecule has 1 saturated heterocycles. The summed E-state index contributed by atoms with van der Waals surface area (Å²) in [5.41, 5.74) is 1.62. The highest BCUT2D eigenvalue weighted by Crippen LogP contribution is 2.27. The topological polar surface area (TPSA) is 58.6 Å². The Balaban J connectivity index is 1.52. The minimum Gasteiger partial charge on any atom is -0.465 e. The van der Waals surface area contributed by atoms with Gasteiger partial charge >= 0.3 is 0 Å². The molecule has 0 saturated carbocycles. The Kier molecular flexibility index (Phi) is 4.55. The summed E-state index contributed by atoms with van der Waals surface area (Å²) in [7, 11) is 0. The van der Waals surface area contributed by atoms with E-state index >= 15 is 0 Å². The lowest BCUT2D eigenvalue weighted by atomic mass is 10.1. The molecule has 4 rings (SSSR count). The number of hydrogen-bond acceptors (Lipinski definition) is 4. The number of benzene rings is 1. The molecular formula is C21H24N2O3. The molecule has 1 N–H and O–H groups in total. The van der Waals surface area contributed by atoms with Crippen LogP contribution in [0.2, 0.25) is 0 Å². The fourth-order valence-electron chi connectivity index (χ4n) is 3.76. The standard InChI is InChI=1S/C21H24N2O3/c1-14-9-10-19(25-14)17(23-11-5-6-12-23)13-22-21(24)20-15(2)16-7-3-4-8-18(16)26-20/h3-4,7-10,17H,5-6,11-13H2,1-2H3,(H,22,24)/t17-/m1/s1. The van der Waals surface area contributed by atoms with Gasteiger partial charge in [-0.25, -0.2) is 0 Å². The van der Waals surface area contributed by atoms with Gasteiger partial charge in [-0.1, -0.05) is 18.2 Å². The SMILES string of the molecule is Cc1ccc([C@@H](CNC(=O)c2oc3ccccc3c2C)N2CCCC2)o1. The maximum atomic E-state index is 12.7. The number of aryl methyl sites for hydroxylation is 2. The number of furan rings is 2. The van der Waals surface area contributed by atoms with E-state index in [0.29, 0.717) is 12.3 Å². The number of rotatable bonds is 5. The fourth-order valence-corrected chi connectivity index (χ4v) is 3.76. The van der Waals surface area contributed by atoms with Crippen LogP contribution in [0.25, 0.3) is 11.0 Å². The van der Waals surface area contributed by atoms with E-state index in [9.17, 15) is 4.79 Å². The van der Waals surface area contributed by atoms with E-state index < -0.39 is 0 Å². The van der Waals surface area contributed by atoms with Crippen molar-refractivity contribution in [3.8, 4) is 0 Å². The average molecular weight is 352 g/mol. The predicted molar refractivity (Wildman–Crippen MR) is 100 cm³/mol. The molecule has 1 atom stereocenters. The third-order valence-electron chi connectivity index (χ3n) is 5.18. The van der Waals surface area contributed by atoms with E-state index in [-0.39, 0.29) is 11.9 Å². The van der Waals surface area contributed by atoms with Crippen molar-refractivity contribution in [2.45, 2.75) is 32.7 Å². The first-order valence-corrected chi connectivity index (χ1v) is 9.20. The molecule has 1 amide bonds. The van der Waals surface area contributed by atoms with Gasteiger partial charge in [-0.2, -0.15) is 0 Å². The van der Waals surface area contributed by atoms with E-state index in [1.165, 1.54) is 12.8 Å². The van der Waals surface area contributed by atoms with Gasteiger partial charge in [-0.05, 0) is 58.0 Å². The lowest BCUT2D eigenvalue weighted by Gasteiger charge is -2.25. The van der Waals surface area contributed by atoms with Gasteiger partial charge in [-0.3, -0.25) is 9.69 Å². The van der Waals surface area contributed by atoms with Gasteiger partial charge in [-0.15, -0.1) is 0 Å². The van der Waals surface area contributed by atoms with Crippen LogP contribution in [0.15, 0.2) is 45.2 Å². The van der Waals surface area contributed by atoms with Crippen molar-refractivity contribution in [2.75, 3.05) is 19.6 Å². The maximum Gasteiger partial charge on any atom is 0.287 e. The molecule has 3 aromatic rings. The number of hydrogen-bond donors (Lipinski definition) is 1. The number of carbonyl (C=O) groups is 1. The first-order valence-electron chi connectivity index (χ1n) is 9.20. The minimum atomic E-state index is -0.175. The van der Waals surface area contributed by atoms with E-state index in [0.717, 1.165) is 41.1 Å². The normalized spacial score (nSPS) is 16.2. The van der Waals surface area contributed by atoms with Crippen LogP contribution in [-0.2, 0) is 0 Å². The summed E-state index contributed by atoms with van der Waals surface area (Å²) in [6, 6.07) is 11.8. The maximum absolute atomic E-state index is 12.7. The molecule has 1 fully saturated rings. The first-order chi connectivity index (χ1) is 12.6. The number of carbonyl (C=O) groups excluding carboxylic acids is 1. The number of likely N-dealkylation sites (tertiary alicyclic amines) is 1. The summed E-state index contributed by atoms with van der Waals surface area (Å²) in [4.78, 5) is 15.1. The van der Waals surface area contributed by atoms with Gasteiger partial charge in [0.2, 0.25) is 0 Å². The van der Waals surface area contributed by atoms with Crippen molar-refractivity contribution in [3.63, 3.8) is 0 Å². The number of nitrogens with one attached hydrogen (secondary N) is 1. The van der Waals surface area contributed by atoms with Crippen molar-refractivity contribution in [1.82, 2.24) is 10.2 Å². The largest absolute Gasteiger partial charge is 0.465 e. The van der Waals surface area contributed by atoms with Crippen LogP contribution in [0.4, 0.5) is 0 Å². The lowest BCUT2D eigenvalue weighted by Crippen LogP contribution is -2.36. The Morgan fingerprint density at radius 3 is 2.58 bits per heavy atom. The molecule has 0 aliphatic carbocycles. The first kappa shape index (κ1) is 16.9. The molecule has 1 aromatic carbocycles. The van der Waals surface area contributed by atoms with Gasteiger partial charge in [0.1, 0.15) is 17.1 Å². The molecular weight excluding hydrogens is 328 g/mol. The second kappa shape index (κ2) is 7.00.